The van der Waals surface area contributed by atoms with Crippen molar-refractivity contribution in [1.82, 2.24) is 9.62 Å². The molecule has 20 heavy (non-hydrogen) atoms. The van der Waals surface area contributed by atoms with Crippen molar-refractivity contribution in [3.05, 3.63) is 18.2 Å². The molecule has 7 heteroatoms. The maximum Gasteiger partial charge on any atom is 0.242 e. The van der Waals surface area contributed by atoms with Crippen molar-refractivity contribution in [3.63, 3.8) is 0 Å². The van der Waals surface area contributed by atoms with Crippen molar-refractivity contribution in [2.24, 2.45) is 0 Å². The van der Waals surface area contributed by atoms with Crippen LogP contribution in [0.1, 0.15) is 13.8 Å². The minimum absolute atomic E-state index is 0.180. The molecule has 1 aromatic rings. The van der Waals surface area contributed by atoms with E-state index in [1.165, 1.54) is 13.1 Å². The third kappa shape index (κ3) is 4.36. The van der Waals surface area contributed by atoms with Crippen LogP contribution in [0.4, 0.5) is 11.4 Å². The predicted molar refractivity (Wildman–Crippen MR) is 83.4 cm³/mol. The molecule has 0 bridgehead atoms. The fourth-order valence-electron chi connectivity index (χ4n) is 1.91. The second-order valence-corrected chi connectivity index (χ2v) is 6.27. The monoisotopic (exact) mass is 300 g/mol. The summed E-state index contributed by atoms with van der Waals surface area (Å²) in [5.74, 6) is 0. The minimum Gasteiger partial charge on any atom is -0.399 e. The molecular weight excluding hydrogens is 276 g/mol. The van der Waals surface area contributed by atoms with Crippen molar-refractivity contribution in [2.45, 2.75) is 18.7 Å². The quantitative estimate of drug-likeness (QED) is 0.622. The van der Waals surface area contributed by atoms with Gasteiger partial charge in [0.1, 0.15) is 4.90 Å². The highest BCUT2D eigenvalue weighted by atomic mass is 32.2. The maximum atomic E-state index is 12.0. The number of nitrogen functional groups attached to an aromatic ring is 1. The molecule has 0 radical (unpaired) electrons. The number of nitrogens with one attached hydrogen (secondary N) is 2. The van der Waals surface area contributed by atoms with Gasteiger partial charge in [-0.15, -0.1) is 0 Å². The molecule has 4 N–H and O–H groups in total. The Hall–Kier alpha value is -1.31. The first-order chi connectivity index (χ1) is 9.44. The maximum absolute atomic E-state index is 12.0. The molecule has 0 heterocycles. The lowest BCUT2D eigenvalue weighted by Crippen LogP contribution is -2.29. The van der Waals surface area contributed by atoms with Gasteiger partial charge in [-0.25, -0.2) is 13.1 Å². The number of benzene rings is 1. The highest BCUT2D eigenvalue weighted by molar-refractivity contribution is 7.89. The van der Waals surface area contributed by atoms with Gasteiger partial charge in [-0.1, -0.05) is 13.8 Å². The van der Waals surface area contributed by atoms with Crippen LogP contribution >= 0.6 is 0 Å². The molecular formula is C13H24N4O2S. The Morgan fingerprint density at radius 2 is 1.90 bits per heavy atom. The van der Waals surface area contributed by atoms with E-state index < -0.39 is 10.0 Å². The smallest absolute Gasteiger partial charge is 0.242 e. The zero-order valence-corrected chi connectivity index (χ0v) is 13.1. The van der Waals surface area contributed by atoms with E-state index in [1.54, 1.807) is 12.1 Å². The topological polar surface area (TPSA) is 87.5 Å². The molecule has 0 saturated heterocycles. The molecule has 0 fully saturated rings. The molecule has 0 aliphatic heterocycles. The van der Waals surface area contributed by atoms with E-state index in [1.807, 2.05) is 0 Å². The van der Waals surface area contributed by atoms with Crippen LogP contribution < -0.4 is 15.8 Å². The summed E-state index contributed by atoms with van der Waals surface area (Å²) in [5, 5.41) is 3.16. The lowest BCUT2D eigenvalue weighted by atomic mass is 10.3. The van der Waals surface area contributed by atoms with Crippen LogP contribution in [-0.4, -0.2) is 46.5 Å². The molecule has 0 saturated carbocycles. The first-order valence-electron chi connectivity index (χ1n) is 6.73. The fourth-order valence-corrected chi connectivity index (χ4v) is 2.85. The Bertz CT molecular complexity index is 527. The number of likely N-dealkylation sites (N-methyl/N-ethyl adjacent to an activating group) is 1. The summed E-state index contributed by atoms with van der Waals surface area (Å²) in [5.41, 5.74) is 6.66. The third-order valence-electron chi connectivity index (χ3n) is 3.20. The zero-order chi connectivity index (χ0) is 15.2. The Kier molecular flexibility index (Phi) is 6.25. The summed E-state index contributed by atoms with van der Waals surface area (Å²) in [4.78, 5) is 2.44. The lowest BCUT2D eigenvalue weighted by molar-refractivity contribution is 0.316. The van der Waals surface area contributed by atoms with Gasteiger partial charge >= 0.3 is 0 Å². The largest absolute Gasteiger partial charge is 0.399 e. The summed E-state index contributed by atoms with van der Waals surface area (Å²) in [6, 6.07) is 4.85. The average Bonchev–Trinajstić information content (AvgIpc) is 2.45. The SMILES string of the molecule is CCN(CC)CCNc1ccc(N)cc1S(=O)(=O)NC. The normalized spacial score (nSPS) is 11.8. The Morgan fingerprint density at radius 3 is 2.45 bits per heavy atom. The molecule has 0 atom stereocenters. The van der Waals surface area contributed by atoms with Gasteiger partial charge in [0.05, 0.1) is 5.69 Å². The first kappa shape index (κ1) is 16.7. The number of nitrogens with zero attached hydrogens (tertiary/aromatic N) is 1. The Balaban J connectivity index is 2.85. The molecule has 0 spiro atoms. The number of sulfonamides is 1. The first-order valence-corrected chi connectivity index (χ1v) is 8.22. The number of anilines is 2. The molecule has 0 unspecified atom stereocenters. The van der Waals surface area contributed by atoms with Crippen LogP contribution in [-0.2, 0) is 10.0 Å². The molecule has 0 aliphatic carbocycles. The van der Waals surface area contributed by atoms with E-state index in [9.17, 15) is 8.42 Å². The van der Waals surface area contributed by atoms with Crippen molar-refractivity contribution in [3.8, 4) is 0 Å². The van der Waals surface area contributed by atoms with Crippen molar-refractivity contribution < 1.29 is 8.42 Å². The number of hydrogen-bond acceptors (Lipinski definition) is 5. The Morgan fingerprint density at radius 1 is 1.25 bits per heavy atom. The van der Waals surface area contributed by atoms with Crippen molar-refractivity contribution >= 4 is 21.4 Å². The molecule has 0 aliphatic rings. The molecule has 114 valence electrons. The van der Waals surface area contributed by atoms with Crippen LogP contribution in [0.15, 0.2) is 23.1 Å². The third-order valence-corrected chi connectivity index (χ3v) is 4.66. The van der Waals surface area contributed by atoms with Gasteiger partial charge in [0.25, 0.3) is 0 Å². The standard InChI is InChI=1S/C13H24N4O2S/c1-4-17(5-2)9-8-16-12-7-6-11(14)10-13(12)20(18,19)15-3/h6-7,10,15-16H,4-5,8-9,14H2,1-3H3. The molecule has 1 aromatic carbocycles. The van der Waals surface area contributed by atoms with Crippen LogP contribution in [0.2, 0.25) is 0 Å². The minimum atomic E-state index is -3.52. The van der Waals surface area contributed by atoms with Gasteiger partial charge in [-0.05, 0) is 38.3 Å². The van der Waals surface area contributed by atoms with E-state index >= 15 is 0 Å². The fraction of sp³-hybridized carbons (Fsp3) is 0.538. The lowest BCUT2D eigenvalue weighted by Gasteiger charge is -2.19. The molecule has 0 aromatic heterocycles. The number of hydrogen-bond donors (Lipinski definition) is 3. The van der Waals surface area contributed by atoms with E-state index in [0.29, 0.717) is 17.9 Å². The zero-order valence-electron chi connectivity index (χ0n) is 12.3. The summed E-state index contributed by atoms with van der Waals surface area (Å²) in [7, 11) is -2.13. The number of nitrogens with two attached hydrogens (primary N) is 1. The summed E-state index contributed by atoms with van der Waals surface area (Å²) >= 11 is 0. The molecule has 6 nitrogen and oxygen atoms in total. The number of rotatable bonds is 8. The average molecular weight is 300 g/mol. The van der Waals surface area contributed by atoms with Crippen LogP contribution in [0.25, 0.3) is 0 Å². The van der Waals surface area contributed by atoms with Gasteiger partial charge in [0, 0.05) is 18.8 Å². The van der Waals surface area contributed by atoms with Crippen LogP contribution in [0.5, 0.6) is 0 Å². The highest BCUT2D eigenvalue weighted by Gasteiger charge is 2.16. The van der Waals surface area contributed by atoms with Crippen molar-refractivity contribution in [1.29, 1.82) is 0 Å². The second kappa shape index (κ2) is 7.47. The predicted octanol–water partition coefficient (Wildman–Crippen LogP) is 0.931. The Labute approximate surface area is 121 Å². The molecule has 1 rings (SSSR count). The van der Waals surface area contributed by atoms with E-state index in [0.717, 1.165) is 19.6 Å². The van der Waals surface area contributed by atoms with Gasteiger partial charge in [-0.3, -0.25) is 0 Å². The second-order valence-electron chi connectivity index (χ2n) is 4.42. The van der Waals surface area contributed by atoms with E-state index in [4.69, 9.17) is 5.73 Å². The van der Waals surface area contributed by atoms with Crippen molar-refractivity contribution in [2.75, 3.05) is 44.3 Å². The van der Waals surface area contributed by atoms with Gasteiger partial charge in [0.2, 0.25) is 10.0 Å². The molecule has 0 amide bonds. The van der Waals surface area contributed by atoms with Gasteiger partial charge in [-0.2, -0.15) is 0 Å². The van der Waals surface area contributed by atoms with Gasteiger partial charge < -0.3 is 16.0 Å². The highest BCUT2D eigenvalue weighted by Crippen LogP contribution is 2.23. The van der Waals surface area contributed by atoms with E-state index in [2.05, 4.69) is 28.8 Å². The summed E-state index contributed by atoms with van der Waals surface area (Å²) < 4.78 is 26.2. The summed E-state index contributed by atoms with van der Waals surface area (Å²) in [6.07, 6.45) is 0. The van der Waals surface area contributed by atoms with Crippen LogP contribution in [0.3, 0.4) is 0 Å². The van der Waals surface area contributed by atoms with Gasteiger partial charge in [0.15, 0.2) is 0 Å². The van der Waals surface area contributed by atoms with E-state index in [-0.39, 0.29) is 4.90 Å². The summed E-state index contributed by atoms with van der Waals surface area (Å²) in [6.45, 7) is 7.69. The van der Waals surface area contributed by atoms with Crippen LogP contribution in [0, 0.1) is 0 Å².